The predicted molar refractivity (Wildman–Crippen MR) is 81.0 cm³/mol. The van der Waals surface area contributed by atoms with Crippen LogP contribution in [0.15, 0.2) is 18.2 Å². The highest BCUT2D eigenvalue weighted by atomic mass is 35.5. The Morgan fingerprint density at radius 2 is 2.26 bits per heavy atom. The molecule has 106 valence electrons. The van der Waals surface area contributed by atoms with Crippen LogP contribution in [0.3, 0.4) is 0 Å². The Hall–Kier alpha value is -0.770. The van der Waals surface area contributed by atoms with E-state index >= 15 is 0 Å². The van der Waals surface area contributed by atoms with E-state index in [1.54, 1.807) is 0 Å². The van der Waals surface area contributed by atoms with E-state index < -0.39 is 0 Å². The normalized spacial score (nSPS) is 24.5. The second-order valence-corrected chi connectivity index (χ2v) is 5.87. The number of hydrogen-bond acceptors (Lipinski definition) is 3. The minimum atomic E-state index is 0.101. The van der Waals surface area contributed by atoms with Crippen molar-refractivity contribution in [3.8, 4) is 0 Å². The van der Waals surface area contributed by atoms with Crippen LogP contribution in [0.4, 0.5) is 5.69 Å². The van der Waals surface area contributed by atoms with E-state index in [1.165, 1.54) is 5.69 Å². The molecule has 0 aromatic heterocycles. The molecule has 0 spiro atoms. The van der Waals surface area contributed by atoms with Crippen LogP contribution in [0, 0.1) is 0 Å². The number of ether oxygens (including phenoxy) is 1. The van der Waals surface area contributed by atoms with Crippen LogP contribution in [0.25, 0.3) is 0 Å². The van der Waals surface area contributed by atoms with E-state index in [1.807, 2.05) is 19.1 Å². The van der Waals surface area contributed by atoms with Gasteiger partial charge in [-0.3, -0.25) is 0 Å². The molecule has 1 aliphatic heterocycles. The van der Waals surface area contributed by atoms with Crippen molar-refractivity contribution in [2.75, 3.05) is 18.6 Å². The van der Waals surface area contributed by atoms with Gasteiger partial charge >= 0.3 is 0 Å². The van der Waals surface area contributed by atoms with Gasteiger partial charge in [-0.15, -0.1) is 0 Å². The number of nitrogens with zero attached hydrogens (tertiary/aromatic N) is 1. The predicted octanol–water partition coefficient (Wildman–Crippen LogP) is 2.84. The Bertz CT molecular complexity index is 436. The first-order valence-corrected chi connectivity index (χ1v) is 7.26. The minimum absolute atomic E-state index is 0.101. The second-order valence-electron chi connectivity index (χ2n) is 5.46. The third-order valence-corrected chi connectivity index (χ3v) is 4.19. The van der Waals surface area contributed by atoms with Crippen LogP contribution in [-0.4, -0.2) is 31.8 Å². The van der Waals surface area contributed by atoms with Gasteiger partial charge in [0.25, 0.3) is 0 Å². The van der Waals surface area contributed by atoms with Crippen LogP contribution in [0.2, 0.25) is 5.02 Å². The number of anilines is 1. The molecule has 1 aliphatic rings. The number of benzene rings is 1. The van der Waals surface area contributed by atoms with Crippen molar-refractivity contribution < 1.29 is 4.74 Å². The monoisotopic (exact) mass is 282 g/mol. The molecule has 0 radical (unpaired) electrons. The zero-order valence-electron chi connectivity index (χ0n) is 11.9. The number of likely N-dealkylation sites (N-methyl/N-ethyl adjacent to an activating group) is 1. The molecular formula is C15H23ClN2O. The molecule has 0 amide bonds. The summed E-state index contributed by atoms with van der Waals surface area (Å²) in [6, 6.07) is 6.56. The molecule has 2 rings (SSSR count). The second kappa shape index (κ2) is 6.12. The van der Waals surface area contributed by atoms with E-state index in [2.05, 4.69) is 24.9 Å². The summed E-state index contributed by atoms with van der Waals surface area (Å²) in [5.41, 5.74) is 8.25. The molecule has 0 aliphatic carbocycles. The molecule has 1 aromatic carbocycles. The summed E-state index contributed by atoms with van der Waals surface area (Å²) in [7, 11) is 2.12. The van der Waals surface area contributed by atoms with Crippen molar-refractivity contribution in [1.29, 1.82) is 0 Å². The lowest BCUT2D eigenvalue weighted by atomic mass is 10.0. The summed E-state index contributed by atoms with van der Waals surface area (Å²) in [5.74, 6) is 0. The zero-order chi connectivity index (χ0) is 14.0. The van der Waals surface area contributed by atoms with E-state index in [4.69, 9.17) is 22.1 Å². The maximum Gasteiger partial charge on any atom is 0.0750 e. The summed E-state index contributed by atoms with van der Waals surface area (Å²) in [6.45, 7) is 4.97. The highest BCUT2D eigenvalue weighted by Gasteiger charge is 2.29. The van der Waals surface area contributed by atoms with Gasteiger partial charge in [0.05, 0.1) is 12.1 Å². The van der Waals surface area contributed by atoms with Gasteiger partial charge in [0.1, 0.15) is 0 Å². The number of nitrogens with two attached hydrogens (primary N) is 1. The van der Waals surface area contributed by atoms with Crippen molar-refractivity contribution in [3.63, 3.8) is 0 Å². The fourth-order valence-electron chi connectivity index (χ4n) is 2.81. The van der Waals surface area contributed by atoms with Gasteiger partial charge in [-0.05, 0) is 44.4 Å². The molecule has 2 N–H and O–H groups in total. The Labute approximate surface area is 120 Å². The molecule has 0 saturated carbocycles. The highest BCUT2D eigenvalue weighted by Crippen LogP contribution is 2.32. The number of halogens is 1. The molecule has 1 heterocycles. The van der Waals surface area contributed by atoms with E-state index in [0.717, 1.165) is 30.0 Å². The van der Waals surface area contributed by atoms with E-state index in [0.29, 0.717) is 6.04 Å². The van der Waals surface area contributed by atoms with Gasteiger partial charge in [-0.25, -0.2) is 0 Å². The molecule has 1 aromatic rings. The molecule has 1 saturated heterocycles. The molecule has 3 atom stereocenters. The van der Waals surface area contributed by atoms with Crippen molar-refractivity contribution >= 4 is 17.3 Å². The standard InChI is InChI=1S/C15H23ClN2O/c1-10(17)9-12-13(16)5-4-6-15(12)18(3)14-7-8-19-11(14)2/h4-6,10-11,14H,7-9,17H2,1-3H3. The third kappa shape index (κ3) is 3.22. The van der Waals surface area contributed by atoms with Gasteiger partial charge in [-0.2, -0.15) is 0 Å². The lowest BCUT2D eigenvalue weighted by Gasteiger charge is -2.31. The fraction of sp³-hybridized carbons (Fsp3) is 0.600. The first kappa shape index (κ1) is 14.6. The maximum atomic E-state index is 6.35. The molecule has 3 unspecified atom stereocenters. The minimum Gasteiger partial charge on any atom is -0.376 e. The van der Waals surface area contributed by atoms with Gasteiger partial charge in [-0.1, -0.05) is 17.7 Å². The molecule has 1 fully saturated rings. The fourth-order valence-corrected chi connectivity index (χ4v) is 3.06. The lowest BCUT2D eigenvalue weighted by molar-refractivity contribution is 0.118. The average Bonchev–Trinajstić information content (AvgIpc) is 2.77. The topological polar surface area (TPSA) is 38.5 Å². The van der Waals surface area contributed by atoms with Crippen LogP contribution < -0.4 is 10.6 Å². The van der Waals surface area contributed by atoms with E-state index in [-0.39, 0.29) is 12.1 Å². The van der Waals surface area contributed by atoms with Crippen LogP contribution in [0.1, 0.15) is 25.8 Å². The summed E-state index contributed by atoms with van der Waals surface area (Å²) in [4.78, 5) is 2.29. The van der Waals surface area contributed by atoms with Crippen LogP contribution in [-0.2, 0) is 11.2 Å². The maximum absolute atomic E-state index is 6.35. The quantitative estimate of drug-likeness (QED) is 0.923. The number of rotatable bonds is 4. The lowest BCUT2D eigenvalue weighted by Crippen LogP contribution is -2.37. The highest BCUT2D eigenvalue weighted by molar-refractivity contribution is 6.31. The summed E-state index contributed by atoms with van der Waals surface area (Å²) < 4.78 is 5.66. The largest absolute Gasteiger partial charge is 0.376 e. The zero-order valence-corrected chi connectivity index (χ0v) is 12.7. The van der Waals surface area contributed by atoms with Gasteiger partial charge < -0.3 is 15.4 Å². The Balaban J connectivity index is 2.30. The molecule has 19 heavy (non-hydrogen) atoms. The molecule has 3 nitrogen and oxygen atoms in total. The van der Waals surface area contributed by atoms with Crippen molar-refractivity contribution in [2.24, 2.45) is 5.73 Å². The molecular weight excluding hydrogens is 260 g/mol. The first-order chi connectivity index (χ1) is 9.00. The van der Waals surface area contributed by atoms with Crippen molar-refractivity contribution in [2.45, 2.75) is 44.9 Å². The average molecular weight is 283 g/mol. The third-order valence-electron chi connectivity index (χ3n) is 3.83. The molecule has 0 bridgehead atoms. The van der Waals surface area contributed by atoms with Gasteiger partial charge in [0.15, 0.2) is 0 Å². The summed E-state index contributed by atoms with van der Waals surface area (Å²) in [5, 5.41) is 0.799. The summed E-state index contributed by atoms with van der Waals surface area (Å²) in [6.07, 6.45) is 2.11. The number of hydrogen-bond donors (Lipinski definition) is 1. The van der Waals surface area contributed by atoms with Crippen molar-refractivity contribution in [3.05, 3.63) is 28.8 Å². The van der Waals surface area contributed by atoms with Crippen LogP contribution >= 0.6 is 11.6 Å². The van der Waals surface area contributed by atoms with Gasteiger partial charge in [0.2, 0.25) is 0 Å². The SMILES string of the molecule is CC(N)Cc1c(Cl)cccc1N(C)C1CCOC1C. The smallest absolute Gasteiger partial charge is 0.0750 e. The first-order valence-electron chi connectivity index (χ1n) is 6.88. The van der Waals surface area contributed by atoms with E-state index in [9.17, 15) is 0 Å². The Morgan fingerprint density at radius 3 is 2.84 bits per heavy atom. The molecule has 4 heteroatoms. The van der Waals surface area contributed by atoms with Crippen LogP contribution in [0.5, 0.6) is 0 Å². The Morgan fingerprint density at radius 1 is 1.53 bits per heavy atom. The van der Waals surface area contributed by atoms with Gasteiger partial charge in [0, 0.05) is 30.4 Å². The van der Waals surface area contributed by atoms with Crippen molar-refractivity contribution in [1.82, 2.24) is 0 Å². The summed E-state index contributed by atoms with van der Waals surface area (Å²) >= 11 is 6.35. The Kier molecular flexibility index (Phi) is 4.71.